The average Bonchev–Trinajstić information content (AvgIpc) is 2.98. The molecule has 0 saturated carbocycles. The lowest BCUT2D eigenvalue weighted by molar-refractivity contribution is -0.384. The molecular formula is C12H11ClN6O2. The van der Waals surface area contributed by atoms with Crippen LogP contribution in [0.5, 0.6) is 0 Å². The van der Waals surface area contributed by atoms with Gasteiger partial charge in [0.1, 0.15) is 12.4 Å². The van der Waals surface area contributed by atoms with Gasteiger partial charge in [-0.3, -0.25) is 14.8 Å². The molecule has 0 unspecified atom stereocenters. The smallest absolute Gasteiger partial charge is 0.271 e. The standard InChI is InChI=1S/C12H11ClN6O2/c1-7-15-16-11(17(7)2)6-18-12-8(5-14-18)3-9(19(20)21)4-10(12)13/h3-5H,6H2,1-2H3. The van der Waals surface area contributed by atoms with E-state index >= 15 is 0 Å². The summed E-state index contributed by atoms with van der Waals surface area (Å²) in [6.45, 7) is 2.24. The number of hydrogen-bond acceptors (Lipinski definition) is 5. The van der Waals surface area contributed by atoms with Gasteiger partial charge >= 0.3 is 0 Å². The first-order valence-corrected chi connectivity index (χ1v) is 6.49. The summed E-state index contributed by atoms with van der Waals surface area (Å²) in [5.74, 6) is 1.52. The van der Waals surface area contributed by atoms with E-state index in [9.17, 15) is 10.1 Å². The summed E-state index contributed by atoms with van der Waals surface area (Å²) in [4.78, 5) is 10.4. The maximum absolute atomic E-state index is 10.8. The minimum atomic E-state index is -0.477. The summed E-state index contributed by atoms with van der Waals surface area (Å²) in [6, 6.07) is 2.77. The topological polar surface area (TPSA) is 91.7 Å². The average molecular weight is 307 g/mol. The van der Waals surface area contributed by atoms with E-state index in [0.29, 0.717) is 17.4 Å². The van der Waals surface area contributed by atoms with Crippen molar-refractivity contribution in [3.8, 4) is 0 Å². The Morgan fingerprint density at radius 3 is 2.76 bits per heavy atom. The van der Waals surface area contributed by atoms with Crippen LogP contribution >= 0.6 is 11.6 Å². The van der Waals surface area contributed by atoms with Crippen molar-refractivity contribution in [2.75, 3.05) is 0 Å². The third-order valence-corrected chi connectivity index (χ3v) is 3.64. The summed E-state index contributed by atoms with van der Waals surface area (Å²) in [5.41, 5.74) is 0.587. The van der Waals surface area contributed by atoms with Gasteiger partial charge in [-0.2, -0.15) is 5.10 Å². The zero-order chi connectivity index (χ0) is 15.1. The molecule has 8 nitrogen and oxygen atoms in total. The summed E-state index contributed by atoms with van der Waals surface area (Å²) >= 11 is 6.16. The fourth-order valence-electron chi connectivity index (χ4n) is 2.11. The maximum Gasteiger partial charge on any atom is 0.271 e. The Labute approximate surface area is 124 Å². The van der Waals surface area contributed by atoms with Crippen molar-refractivity contribution in [1.29, 1.82) is 0 Å². The van der Waals surface area contributed by atoms with E-state index in [-0.39, 0.29) is 10.7 Å². The highest BCUT2D eigenvalue weighted by molar-refractivity contribution is 6.35. The molecule has 0 fully saturated rings. The quantitative estimate of drug-likeness (QED) is 0.545. The minimum Gasteiger partial charge on any atom is -0.317 e. The second kappa shape index (κ2) is 4.81. The maximum atomic E-state index is 10.8. The van der Waals surface area contributed by atoms with E-state index in [1.54, 1.807) is 10.9 Å². The fraction of sp³-hybridized carbons (Fsp3) is 0.250. The highest BCUT2D eigenvalue weighted by Gasteiger charge is 2.16. The normalized spacial score (nSPS) is 11.2. The van der Waals surface area contributed by atoms with Gasteiger partial charge in [-0.15, -0.1) is 10.2 Å². The number of rotatable bonds is 3. The molecular weight excluding hydrogens is 296 g/mol. The van der Waals surface area contributed by atoms with Crippen LogP contribution in [0.3, 0.4) is 0 Å². The molecule has 2 heterocycles. The minimum absolute atomic E-state index is 0.0541. The van der Waals surface area contributed by atoms with Crippen molar-refractivity contribution in [1.82, 2.24) is 24.5 Å². The van der Waals surface area contributed by atoms with Crippen LogP contribution in [0.2, 0.25) is 5.02 Å². The van der Waals surface area contributed by atoms with E-state index in [1.807, 2.05) is 18.5 Å². The van der Waals surface area contributed by atoms with Crippen molar-refractivity contribution in [3.05, 3.63) is 45.1 Å². The van der Waals surface area contributed by atoms with E-state index in [0.717, 1.165) is 11.6 Å². The molecule has 0 N–H and O–H groups in total. The van der Waals surface area contributed by atoms with Crippen LogP contribution in [0.4, 0.5) is 5.69 Å². The van der Waals surface area contributed by atoms with Gasteiger partial charge in [0, 0.05) is 24.6 Å². The Morgan fingerprint density at radius 2 is 2.14 bits per heavy atom. The van der Waals surface area contributed by atoms with Crippen molar-refractivity contribution in [2.45, 2.75) is 13.5 Å². The second-order valence-electron chi connectivity index (χ2n) is 4.65. The van der Waals surface area contributed by atoms with Gasteiger partial charge in [0.15, 0.2) is 5.82 Å². The largest absolute Gasteiger partial charge is 0.317 e. The van der Waals surface area contributed by atoms with Gasteiger partial charge in [-0.1, -0.05) is 11.6 Å². The molecule has 108 valence electrons. The van der Waals surface area contributed by atoms with Gasteiger partial charge < -0.3 is 4.57 Å². The summed E-state index contributed by atoms with van der Waals surface area (Å²) in [6.07, 6.45) is 1.55. The number of benzene rings is 1. The highest BCUT2D eigenvalue weighted by atomic mass is 35.5. The Kier molecular flexibility index (Phi) is 3.09. The number of aryl methyl sites for hydroxylation is 1. The highest BCUT2D eigenvalue weighted by Crippen LogP contribution is 2.29. The van der Waals surface area contributed by atoms with Gasteiger partial charge in [-0.25, -0.2) is 0 Å². The number of nitrogens with zero attached hydrogens (tertiary/aromatic N) is 6. The molecule has 1 aromatic carbocycles. The van der Waals surface area contributed by atoms with Gasteiger partial charge in [0.25, 0.3) is 5.69 Å². The van der Waals surface area contributed by atoms with Crippen LogP contribution in [-0.2, 0) is 13.6 Å². The number of non-ortho nitro benzene ring substituents is 1. The SMILES string of the molecule is Cc1nnc(Cn2ncc3cc([N+](=O)[O-])cc(Cl)c32)n1C. The zero-order valence-electron chi connectivity index (χ0n) is 11.3. The van der Waals surface area contributed by atoms with Crippen molar-refractivity contribution in [2.24, 2.45) is 7.05 Å². The van der Waals surface area contributed by atoms with E-state index in [2.05, 4.69) is 15.3 Å². The molecule has 9 heteroatoms. The summed E-state index contributed by atoms with van der Waals surface area (Å²) in [7, 11) is 1.86. The summed E-state index contributed by atoms with van der Waals surface area (Å²) < 4.78 is 3.51. The van der Waals surface area contributed by atoms with Crippen LogP contribution < -0.4 is 0 Å². The van der Waals surface area contributed by atoms with Gasteiger partial charge in [-0.05, 0) is 6.92 Å². The predicted molar refractivity (Wildman–Crippen MR) is 76.2 cm³/mol. The van der Waals surface area contributed by atoms with Crippen molar-refractivity contribution in [3.63, 3.8) is 0 Å². The van der Waals surface area contributed by atoms with Crippen LogP contribution in [0, 0.1) is 17.0 Å². The molecule has 21 heavy (non-hydrogen) atoms. The molecule has 3 aromatic rings. The van der Waals surface area contributed by atoms with E-state index in [4.69, 9.17) is 11.6 Å². The number of hydrogen-bond donors (Lipinski definition) is 0. The molecule has 0 radical (unpaired) electrons. The molecule has 0 aliphatic carbocycles. The first-order valence-electron chi connectivity index (χ1n) is 6.11. The Bertz CT molecular complexity index is 853. The molecule has 0 aliphatic rings. The molecule has 2 aromatic heterocycles. The fourth-order valence-corrected chi connectivity index (χ4v) is 2.43. The molecule has 0 atom stereocenters. The Morgan fingerprint density at radius 1 is 1.38 bits per heavy atom. The third kappa shape index (κ3) is 2.23. The monoisotopic (exact) mass is 306 g/mol. The molecule has 0 spiro atoms. The van der Waals surface area contributed by atoms with Crippen LogP contribution in [0.1, 0.15) is 11.6 Å². The van der Waals surface area contributed by atoms with E-state index in [1.165, 1.54) is 12.1 Å². The third-order valence-electron chi connectivity index (χ3n) is 3.36. The number of fused-ring (bicyclic) bond motifs is 1. The Balaban J connectivity index is 2.08. The number of nitro benzene ring substituents is 1. The predicted octanol–water partition coefficient (Wildman–Crippen LogP) is 2.08. The molecule has 3 rings (SSSR count). The molecule has 0 bridgehead atoms. The van der Waals surface area contributed by atoms with Crippen molar-refractivity contribution >= 4 is 28.2 Å². The molecule has 0 aliphatic heterocycles. The lowest BCUT2D eigenvalue weighted by Gasteiger charge is -2.05. The summed E-state index contributed by atoms with van der Waals surface area (Å²) in [5, 5.41) is 24.0. The van der Waals surface area contributed by atoms with Gasteiger partial charge in [0.05, 0.1) is 21.7 Å². The van der Waals surface area contributed by atoms with Gasteiger partial charge in [0.2, 0.25) is 0 Å². The number of nitro groups is 1. The Hall–Kier alpha value is -2.48. The van der Waals surface area contributed by atoms with Crippen LogP contribution in [-0.4, -0.2) is 29.5 Å². The molecule has 0 saturated heterocycles. The first kappa shape index (κ1) is 13.5. The van der Waals surface area contributed by atoms with E-state index < -0.39 is 4.92 Å². The first-order chi connectivity index (χ1) is 9.97. The number of aromatic nitrogens is 5. The zero-order valence-corrected chi connectivity index (χ0v) is 12.1. The number of halogens is 1. The lowest BCUT2D eigenvalue weighted by atomic mass is 10.2. The van der Waals surface area contributed by atoms with Crippen LogP contribution in [0.15, 0.2) is 18.3 Å². The lowest BCUT2D eigenvalue weighted by Crippen LogP contribution is -2.08. The second-order valence-corrected chi connectivity index (χ2v) is 5.05. The van der Waals surface area contributed by atoms with Crippen LogP contribution in [0.25, 0.3) is 10.9 Å². The van der Waals surface area contributed by atoms with Crippen molar-refractivity contribution < 1.29 is 4.92 Å². The molecule has 0 amide bonds.